The molecule has 1 aromatic carbocycles. The summed E-state index contributed by atoms with van der Waals surface area (Å²) in [4.78, 5) is 15.4. The van der Waals surface area contributed by atoms with Crippen molar-refractivity contribution >= 4 is 23.5 Å². The summed E-state index contributed by atoms with van der Waals surface area (Å²) >= 11 is 1.70. The third kappa shape index (κ3) is 4.46. The predicted octanol–water partition coefficient (Wildman–Crippen LogP) is 4.06. The molecule has 1 saturated carbocycles. The smallest absolute Gasteiger partial charge is 0.321 e. The Labute approximate surface area is 119 Å². The number of urea groups is 1. The average Bonchev–Trinajstić information content (AvgIpc) is 3.23. The second-order valence-corrected chi connectivity index (χ2v) is 5.93. The fraction of sp³-hybridized carbons (Fsp3) is 0.533. The molecule has 2 amide bonds. The minimum Gasteiger partial charge on any atom is -0.324 e. The van der Waals surface area contributed by atoms with Gasteiger partial charge in [0.2, 0.25) is 0 Å². The number of nitrogens with one attached hydrogen (secondary N) is 1. The van der Waals surface area contributed by atoms with Crippen LogP contribution in [-0.4, -0.2) is 30.3 Å². The van der Waals surface area contributed by atoms with Crippen LogP contribution in [-0.2, 0) is 0 Å². The molecule has 1 aliphatic rings. The monoisotopic (exact) mass is 278 g/mol. The van der Waals surface area contributed by atoms with E-state index < -0.39 is 0 Å². The molecule has 0 aliphatic heterocycles. The number of carbonyl (C=O) groups excluding carboxylic acids is 1. The number of rotatable bonds is 6. The van der Waals surface area contributed by atoms with Crippen molar-refractivity contribution in [3.8, 4) is 0 Å². The van der Waals surface area contributed by atoms with Crippen LogP contribution < -0.4 is 5.32 Å². The Hall–Kier alpha value is -1.16. The highest BCUT2D eigenvalue weighted by molar-refractivity contribution is 7.98. The molecule has 0 heterocycles. The normalized spacial score (nSPS) is 14.2. The van der Waals surface area contributed by atoms with Gasteiger partial charge in [0.25, 0.3) is 0 Å². The van der Waals surface area contributed by atoms with E-state index in [0.717, 1.165) is 31.1 Å². The Morgan fingerprint density at radius 2 is 2.05 bits per heavy atom. The molecule has 104 valence electrons. The minimum atomic E-state index is 0.0330. The molecule has 1 N–H and O–H groups in total. The Morgan fingerprint density at radius 3 is 2.58 bits per heavy atom. The summed E-state index contributed by atoms with van der Waals surface area (Å²) in [5.41, 5.74) is 0.875. The third-order valence-corrected chi connectivity index (χ3v) is 4.04. The van der Waals surface area contributed by atoms with E-state index in [2.05, 4.69) is 12.2 Å². The first-order valence-corrected chi connectivity index (χ1v) is 8.15. The van der Waals surface area contributed by atoms with Gasteiger partial charge in [0.15, 0.2) is 0 Å². The van der Waals surface area contributed by atoms with Gasteiger partial charge in [-0.25, -0.2) is 4.79 Å². The highest BCUT2D eigenvalue weighted by Crippen LogP contribution is 2.30. The maximum atomic E-state index is 12.2. The lowest BCUT2D eigenvalue weighted by Gasteiger charge is -2.22. The predicted molar refractivity (Wildman–Crippen MR) is 81.8 cm³/mol. The first-order chi connectivity index (χ1) is 9.22. The SMILES string of the molecule is CCCN(CC1CC1)C(=O)Nc1ccc(SC)cc1. The molecule has 19 heavy (non-hydrogen) atoms. The van der Waals surface area contributed by atoms with E-state index in [-0.39, 0.29) is 6.03 Å². The zero-order valence-corrected chi connectivity index (χ0v) is 12.5. The van der Waals surface area contributed by atoms with E-state index in [4.69, 9.17) is 0 Å². The highest BCUT2D eigenvalue weighted by atomic mass is 32.2. The summed E-state index contributed by atoms with van der Waals surface area (Å²) in [5.74, 6) is 0.733. The molecular weight excluding hydrogens is 256 g/mol. The zero-order chi connectivity index (χ0) is 13.7. The summed E-state index contributed by atoms with van der Waals surface area (Å²) in [6.45, 7) is 3.86. The van der Waals surface area contributed by atoms with Crippen molar-refractivity contribution in [3.05, 3.63) is 24.3 Å². The van der Waals surface area contributed by atoms with Gasteiger partial charge < -0.3 is 10.2 Å². The minimum absolute atomic E-state index is 0.0330. The topological polar surface area (TPSA) is 32.3 Å². The number of amides is 2. The Balaban J connectivity index is 1.92. The van der Waals surface area contributed by atoms with Crippen molar-refractivity contribution < 1.29 is 4.79 Å². The molecular formula is C15H22N2OS. The van der Waals surface area contributed by atoms with Gasteiger partial charge in [0.05, 0.1) is 0 Å². The van der Waals surface area contributed by atoms with Crippen LogP contribution in [0.25, 0.3) is 0 Å². The fourth-order valence-electron chi connectivity index (χ4n) is 2.03. The lowest BCUT2D eigenvalue weighted by Crippen LogP contribution is -2.37. The van der Waals surface area contributed by atoms with Gasteiger partial charge in [0, 0.05) is 23.7 Å². The number of thioether (sulfide) groups is 1. The van der Waals surface area contributed by atoms with Crippen molar-refractivity contribution in [2.24, 2.45) is 5.92 Å². The van der Waals surface area contributed by atoms with Crippen LogP contribution in [0.3, 0.4) is 0 Å². The van der Waals surface area contributed by atoms with Crippen LogP contribution in [0.15, 0.2) is 29.2 Å². The number of hydrogen-bond acceptors (Lipinski definition) is 2. The molecule has 2 rings (SSSR count). The molecule has 1 fully saturated rings. The van der Waals surface area contributed by atoms with E-state index >= 15 is 0 Å². The number of nitrogens with zero attached hydrogens (tertiary/aromatic N) is 1. The second kappa shape index (κ2) is 6.85. The highest BCUT2D eigenvalue weighted by Gasteiger charge is 2.26. The van der Waals surface area contributed by atoms with E-state index in [1.54, 1.807) is 11.8 Å². The molecule has 0 saturated heterocycles. The standard InChI is InChI=1S/C15H22N2OS/c1-3-10-17(11-12-4-5-12)15(18)16-13-6-8-14(19-2)9-7-13/h6-9,12H,3-5,10-11H2,1-2H3,(H,16,18). The van der Waals surface area contributed by atoms with Crippen LogP contribution in [0.4, 0.5) is 10.5 Å². The van der Waals surface area contributed by atoms with Gasteiger partial charge in [-0.3, -0.25) is 0 Å². The first-order valence-electron chi connectivity index (χ1n) is 6.93. The van der Waals surface area contributed by atoms with Crippen LogP contribution in [0.2, 0.25) is 0 Å². The van der Waals surface area contributed by atoms with Gasteiger partial charge >= 0.3 is 6.03 Å². The van der Waals surface area contributed by atoms with Crippen molar-refractivity contribution in [1.29, 1.82) is 0 Å². The molecule has 0 radical (unpaired) electrons. The number of hydrogen-bond donors (Lipinski definition) is 1. The van der Waals surface area contributed by atoms with Gasteiger partial charge in [-0.2, -0.15) is 0 Å². The lowest BCUT2D eigenvalue weighted by atomic mass is 10.3. The van der Waals surface area contributed by atoms with Crippen LogP contribution >= 0.6 is 11.8 Å². The molecule has 0 unspecified atom stereocenters. The molecule has 1 aliphatic carbocycles. The summed E-state index contributed by atoms with van der Waals surface area (Å²) < 4.78 is 0. The van der Waals surface area contributed by atoms with Crippen molar-refractivity contribution in [1.82, 2.24) is 4.90 Å². The van der Waals surface area contributed by atoms with E-state index in [1.807, 2.05) is 35.4 Å². The molecule has 0 atom stereocenters. The number of benzene rings is 1. The largest absolute Gasteiger partial charge is 0.324 e. The van der Waals surface area contributed by atoms with Gasteiger partial charge in [-0.15, -0.1) is 11.8 Å². The molecule has 0 bridgehead atoms. The second-order valence-electron chi connectivity index (χ2n) is 5.05. The van der Waals surface area contributed by atoms with Gasteiger partial charge in [-0.1, -0.05) is 6.92 Å². The van der Waals surface area contributed by atoms with Crippen molar-refractivity contribution in [2.45, 2.75) is 31.1 Å². The van der Waals surface area contributed by atoms with Gasteiger partial charge in [0.1, 0.15) is 0 Å². The molecule has 1 aromatic rings. The summed E-state index contributed by atoms with van der Waals surface area (Å²) in [7, 11) is 0. The Bertz CT molecular complexity index is 415. The molecule has 3 nitrogen and oxygen atoms in total. The van der Waals surface area contributed by atoms with E-state index in [9.17, 15) is 4.79 Å². The zero-order valence-electron chi connectivity index (χ0n) is 11.7. The summed E-state index contributed by atoms with van der Waals surface area (Å²) in [6.07, 6.45) is 5.60. The quantitative estimate of drug-likeness (QED) is 0.796. The molecule has 0 aromatic heterocycles. The molecule has 4 heteroatoms. The Kier molecular flexibility index (Phi) is 5.14. The first kappa shape index (κ1) is 14.3. The van der Waals surface area contributed by atoms with Crippen LogP contribution in [0.5, 0.6) is 0 Å². The third-order valence-electron chi connectivity index (χ3n) is 3.30. The Morgan fingerprint density at radius 1 is 1.37 bits per heavy atom. The maximum Gasteiger partial charge on any atom is 0.321 e. The van der Waals surface area contributed by atoms with E-state index in [1.165, 1.54) is 17.7 Å². The molecule has 0 spiro atoms. The van der Waals surface area contributed by atoms with Crippen LogP contribution in [0.1, 0.15) is 26.2 Å². The van der Waals surface area contributed by atoms with Gasteiger partial charge in [-0.05, 0) is 55.7 Å². The summed E-state index contributed by atoms with van der Waals surface area (Å²) in [6, 6.07) is 8.03. The number of anilines is 1. The lowest BCUT2D eigenvalue weighted by molar-refractivity contribution is 0.209. The fourth-order valence-corrected chi connectivity index (χ4v) is 2.44. The maximum absolute atomic E-state index is 12.2. The van der Waals surface area contributed by atoms with Crippen molar-refractivity contribution in [3.63, 3.8) is 0 Å². The van der Waals surface area contributed by atoms with Crippen LogP contribution in [0, 0.1) is 5.92 Å². The average molecular weight is 278 g/mol. The summed E-state index contributed by atoms with van der Waals surface area (Å²) in [5, 5.41) is 2.99. The number of carbonyl (C=O) groups is 1. The van der Waals surface area contributed by atoms with E-state index in [0.29, 0.717) is 0 Å². The van der Waals surface area contributed by atoms with Crippen molar-refractivity contribution in [2.75, 3.05) is 24.7 Å².